The van der Waals surface area contributed by atoms with E-state index in [4.69, 9.17) is 15.2 Å². The van der Waals surface area contributed by atoms with E-state index in [-0.39, 0.29) is 0 Å². The van der Waals surface area contributed by atoms with Crippen LogP contribution in [0.3, 0.4) is 0 Å². The molecule has 2 aliphatic rings. The lowest BCUT2D eigenvalue weighted by Gasteiger charge is -2.17. The second-order valence-electron chi connectivity index (χ2n) is 10.8. The Morgan fingerprint density at radius 1 is 0.703 bits per heavy atom. The van der Waals surface area contributed by atoms with Crippen LogP contribution in [-0.2, 0) is 0 Å². The molecule has 3 heterocycles. The highest BCUT2D eigenvalue weighted by Crippen LogP contribution is 2.33. The summed E-state index contributed by atoms with van der Waals surface area (Å²) in [6, 6.07) is 11.2. The monoisotopic (exact) mass is 495 g/mol. The van der Waals surface area contributed by atoms with E-state index in [1.165, 1.54) is 57.6 Å². The standard InChI is InChI=1S/C31H39N6/c1-20-14-23(4)29(24(5)15-20)36-12-13-37(30-25(6)16-21(2)17-26(30)7)31(36)34-33-27-19-32-28(18-22(27)3)35-10-8-9-11-35/h14-19H,8-13H2,1-7H3/q+1. The summed E-state index contributed by atoms with van der Waals surface area (Å²) in [6.45, 7) is 19.1. The number of guanidine groups is 1. The van der Waals surface area contributed by atoms with Crippen LogP contribution < -0.4 is 9.80 Å². The first-order chi connectivity index (χ1) is 17.7. The summed E-state index contributed by atoms with van der Waals surface area (Å²) in [5.41, 5.74) is 12.0. The molecule has 0 aliphatic carbocycles. The van der Waals surface area contributed by atoms with Crippen molar-refractivity contribution >= 4 is 28.8 Å². The Kier molecular flexibility index (Phi) is 6.84. The van der Waals surface area contributed by atoms with Gasteiger partial charge in [0.05, 0.1) is 6.20 Å². The molecule has 2 aromatic carbocycles. The second kappa shape index (κ2) is 10.1. The Morgan fingerprint density at radius 2 is 1.30 bits per heavy atom. The van der Waals surface area contributed by atoms with Crippen molar-refractivity contribution in [3.05, 3.63) is 75.5 Å². The molecule has 0 atom stereocenters. The van der Waals surface area contributed by atoms with E-state index in [1.54, 1.807) is 0 Å². The molecule has 2 aliphatic heterocycles. The fraction of sp³-hybridized carbons (Fsp3) is 0.419. The molecule has 0 unspecified atom stereocenters. The number of aromatic nitrogens is 1. The first-order valence-electron chi connectivity index (χ1n) is 13.4. The van der Waals surface area contributed by atoms with Crippen molar-refractivity contribution in [2.45, 2.75) is 61.3 Å². The first kappa shape index (κ1) is 25.1. The number of hydrogen-bond acceptors (Lipinski definition) is 5. The number of anilines is 2. The van der Waals surface area contributed by atoms with Crippen LogP contribution in [0, 0.1) is 48.5 Å². The quantitative estimate of drug-likeness (QED) is 0.285. The van der Waals surface area contributed by atoms with Gasteiger partial charge in [-0.2, -0.15) is 0 Å². The molecule has 1 fully saturated rings. The summed E-state index contributed by atoms with van der Waals surface area (Å²) >= 11 is 0. The van der Waals surface area contributed by atoms with Gasteiger partial charge >= 0.3 is 5.96 Å². The van der Waals surface area contributed by atoms with Gasteiger partial charge in [-0.3, -0.25) is 0 Å². The minimum atomic E-state index is 0.817. The lowest BCUT2D eigenvalue weighted by molar-refractivity contribution is -0.430. The summed E-state index contributed by atoms with van der Waals surface area (Å²) in [7, 11) is 0. The number of azo groups is 1. The van der Waals surface area contributed by atoms with E-state index in [9.17, 15) is 0 Å². The maximum atomic E-state index is 4.95. The number of hydrogen-bond donors (Lipinski definition) is 0. The molecule has 37 heavy (non-hydrogen) atoms. The van der Waals surface area contributed by atoms with E-state index < -0.39 is 0 Å². The Bertz CT molecular complexity index is 1370. The summed E-state index contributed by atoms with van der Waals surface area (Å²) in [4.78, 5) is 9.43. The van der Waals surface area contributed by atoms with Crippen LogP contribution in [0.2, 0.25) is 0 Å². The van der Waals surface area contributed by atoms with Gasteiger partial charge in [-0.1, -0.05) is 40.5 Å². The highest BCUT2D eigenvalue weighted by atomic mass is 15.4. The molecular formula is C31H39N6+. The van der Waals surface area contributed by atoms with Crippen LogP contribution in [0.15, 0.2) is 46.8 Å². The van der Waals surface area contributed by atoms with Gasteiger partial charge in [-0.05, 0) is 95.2 Å². The Labute approximate surface area is 221 Å². The first-order valence-corrected chi connectivity index (χ1v) is 13.4. The average Bonchev–Trinajstić information content (AvgIpc) is 3.48. The van der Waals surface area contributed by atoms with E-state index in [1.807, 2.05) is 6.20 Å². The van der Waals surface area contributed by atoms with Crippen molar-refractivity contribution in [1.29, 1.82) is 0 Å². The van der Waals surface area contributed by atoms with Gasteiger partial charge < -0.3 is 4.90 Å². The Hall–Kier alpha value is -3.54. The number of pyridine rings is 1. The summed E-state index contributed by atoms with van der Waals surface area (Å²) in [5.74, 6) is 1.91. The molecule has 1 aromatic heterocycles. The molecule has 5 rings (SSSR count). The van der Waals surface area contributed by atoms with E-state index in [0.717, 1.165) is 49.2 Å². The van der Waals surface area contributed by atoms with Gasteiger partial charge in [0.2, 0.25) is 0 Å². The van der Waals surface area contributed by atoms with Gasteiger partial charge in [0.25, 0.3) is 0 Å². The minimum Gasteiger partial charge on any atom is -0.357 e. The van der Waals surface area contributed by atoms with E-state index in [2.05, 4.69) is 93.2 Å². The molecule has 0 bridgehead atoms. The zero-order valence-electron chi connectivity index (χ0n) is 23.4. The van der Waals surface area contributed by atoms with Crippen LogP contribution >= 0.6 is 0 Å². The molecule has 3 aromatic rings. The van der Waals surface area contributed by atoms with Gasteiger partial charge in [-0.25, -0.2) is 14.5 Å². The second-order valence-corrected chi connectivity index (χ2v) is 10.8. The van der Waals surface area contributed by atoms with Crippen molar-refractivity contribution in [2.24, 2.45) is 10.2 Å². The van der Waals surface area contributed by atoms with Crippen LogP contribution in [-0.4, -0.2) is 41.7 Å². The predicted molar refractivity (Wildman–Crippen MR) is 153 cm³/mol. The Balaban J connectivity index is 1.61. The predicted octanol–water partition coefficient (Wildman–Crippen LogP) is 7.14. The zero-order chi connectivity index (χ0) is 26.3. The van der Waals surface area contributed by atoms with Crippen molar-refractivity contribution in [3.63, 3.8) is 0 Å². The molecule has 0 radical (unpaired) electrons. The average molecular weight is 496 g/mol. The SMILES string of the molecule is Cc1cc(C)c(N2CC[N+](c3c(C)cc(C)cc3C)=C2/N=N/c2cnc(N3CCCC3)cc2C)c(C)c1. The topological polar surface area (TPSA) is 47.1 Å². The maximum Gasteiger partial charge on any atom is 0.422 e. The van der Waals surface area contributed by atoms with Crippen LogP contribution in [0.4, 0.5) is 22.9 Å². The number of aryl methyl sites for hydroxylation is 7. The lowest BCUT2D eigenvalue weighted by atomic mass is 10.0. The van der Waals surface area contributed by atoms with Gasteiger partial charge in [0.15, 0.2) is 0 Å². The molecular weight excluding hydrogens is 456 g/mol. The lowest BCUT2D eigenvalue weighted by Crippen LogP contribution is -2.28. The smallest absolute Gasteiger partial charge is 0.357 e. The van der Waals surface area contributed by atoms with Crippen molar-refractivity contribution in [3.8, 4) is 0 Å². The summed E-state index contributed by atoms with van der Waals surface area (Å²) < 4.78 is 2.34. The van der Waals surface area contributed by atoms with Crippen molar-refractivity contribution < 1.29 is 4.58 Å². The largest absolute Gasteiger partial charge is 0.422 e. The number of rotatable bonds is 4. The van der Waals surface area contributed by atoms with E-state index in [0.29, 0.717) is 0 Å². The molecule has 6 heteroatoms. The Morgan fingerprint density at radius 3 is 1.89 bits per heavy atom. The van der Waals surface area contributed by atoms with E-state index >= 15 is 0 Å². The molecule has 0 spiro atoms. The third-order valence-electron chi connectivity index (χ3n) is 7.59. The van der Waals surface area contributed by atoms with Gasteiger partial charge in [-0.15, -0.1) is 0 Å². The molecule has 0 saturated carbocycles. The highest BCUT2D eigenvalue weighted by Gasteiger charge is 2.36. The zero-order valence-corrected chi connectivity index (χ0v) is 23.4. The fourth-order valence-corrected chi connectivity index (χ4v) is 6.13. The summed E-state index contributed by atoms with van der Waals surface area (Å²) in [6.07, 6.45) is 4.35. The molecule has 1 saturated heterocycles. The minimum absolute atomic E-state index is 0.817. The van der Waals surface area contributed by atoms with Crippen LogP contribution in [0.25, 0.3) is 0 Å². The number of nitrogens with zero attached hydrogens (tertiary/aromatic N) is 6. The molecule has 0 amide bonds. The highest BCUT2D eigenvalue weighted by molar-refractivity contribution is 5.96. The normalized spacial score (nSPS) is 16.1. The van der Waals surface area contributed by atoms with Crippen LogP contribution in [0.1, 0.15) is 51.8 Å². The third-order valence-corrected chi connectivity index (χ3v) is 7.59. The fourth-order valence-electron chi connectivity index (χ4n) is 6.13. The number of benzene rings is 2. The molecule has 6 nitrogen and oxygen atoms in total. The van der Waals surface area contributed by atoms with Gasteiger partial charge in [0.1, 0.15) is 36.0 Å². The third kappa shape index (κ3) is 4.89. The van der Waals surface area contributed by atoms with Crippen molar-refractivity contribution in [2.75, 3.05) is 36.0 Å². The van der Waals surface area contributed by atoms with Gasteiger partial charge in [0, 0.05) is 18.2 Å². The van der Waals surface area contributed by atoms with Crippen molar-refractivity contribution in [1.82, 2.24) is 4.98 Å². The molecule has 192 valence electrons. The summed E-state index contributed by atoms with van der Waals surface area (Å²) in [5, 5.41) is 9.73. The molecule has 0 N–H and O–H groups in total. The van der Waals surface area contributed by atoms with Crippen LogP contribution in [0.5, 0.6) is 0 Å². The maximum absolute atomic E-state index is 4.95.